The quantitative estimate of drug-likeness (QED) is 0.757. The smallest absolute Gasteiger partial charge is 0.257 e. The fourth-order valence-electron chi connectivity index (χ4n) is 1.84. The van der Waals surface area contributed by atoms with Crippen LogP contribution in [0.4, 0.5) is 0 Å². The second-order valence-corrected chi connectivity index (χ2v) is 4.68. The first kappa shape index (κ1) is 15.5. The Morgan fingerprint density at radius 2 is 2.16 bits per heavy atom. The normalized spacial score (nSPS) is 12.3. The molecule has 1 aromatic rings. The molecule has 0 spiro atoms. The molecule has 1 amide bonds. The highest BCUT2D eigenvalue weighted by atomic mass is 16.5. The lowest BCUT2D eigenvalue weighted by molar-refractivity contribution is -0.123. The maximum Gasteiger partial charge on any atom is 0.257 e. The number of likely N-dealkylation sites (N-methyl/N-ethyl adjacent to an activating group) is 1. The van der Waals surface area contributed by atoms with Crippen molar-refractivity contribution in [3.05, 3.63) is 11.4 Å². The number of rotatable bonds is 7. The van der Waals surface area contributed by atoms with Gasteiger partial charge in [-0.05, 0) is 27.3 Å². The topological polar surface area (TPSA) is 68.2 Å². The zero-order chi connectivity index (χ0) is 14.4. The van der Waals surface area contributed by atoms with E-state index in [0.717, 1.165) is 17.9 Å². The Bertz CT molecular complexity index is 429. The van der Waals surface area contributed by atoms with Crippen molar-refractivity contribution in [2.45, 2.75) is 33.7 Å². The van der Waals surface area contributed by atoms with Crippen LogP contribution in [-0.4, -0.2) is 41.4 Å². The molecular weight excluding hydrogens is 244 g/mol. The number of hydrogen-bond acceptors (Lipinski definition) is 4. The van der Waals surface area contributed by atoms with Crippen molar-refractivity contribution in [3.8, 4) is 5.75 Å². The van der Waals surface area contributed by atoms with Gasteiger partial charge in [0.15, 0.2) is 12.4 Å². The zero-order valence-electron chi connectivity index (χ0n) is 12.4. The highest BCUT2D eigenvalue weighted by Gasteiger charge is 2.12. The maximum atomic E-state index is 11.7. The van der Waals surface area contributed by atoms with Crippen LogP contribution in [0.3, 0.4) is 0 Å². The zero-order valence-corrected chi connectivity index (χ0v) is 12.4. The van der Waals surface area contributed by atoms with Crippen LogP contribution in [-0.2, 0) is 11.8 Å². The highest BCUT2D eigenvalue weighted by molar-refractivity contribution is 5.77. The second-order valence-electron chi connectivity index (χ2n) is 4.68. The summed E-state index contributed by atoms with van der Waals surface area (Å²) in [6.45, 7) is 9.36. The largest absolute Gasteiger partial charge is 0.480 e. The molecule has 0 aliphatic rings. The molecule has 108 valence electrons. The standard InChI is InChI=1S/C13H24N4O2/c1-6-14-9(2)7-15-12(18)8-19-13-10(3)16-17(5)11(13)4/h9,14H,6-8H2,1-5H3,(H,15,18)/t9-/m1/s1. The summed E-state index contributed by atoms with van der Waals surface area (Å²) in [4.78, 5) is 11.7. The number of nitrogens with one attached hydrogen (secondary N) is 2. The summed E-state index contributed by atoms with van der Waals surface area (Å²) in [6, 6.07) is 0.260. The van der Waals surface area contributed by atoms with Crippen molar-refractivity contribution < 1.29 is 9.53 Å². The molecule has 6 heteroatoms. The van der Waals surface area contributed by atoms with Gasteiger partial charge in [0.25, 0.3) is 5.91 Å². The third kappa shape index (κ3) is 4.55. The van der Waals surface area contributed by atoms with Crippen molar-refractivity contribution in [3.63, 3.8) is 0 Å². The number of ether oxygens (including phenoxy) is 1. The molecule has 1 aromatic heterocycles. The van der Waals surface area contributed by atoms with E-state index in [-0.39, 0.29) is 18.6 Å². The lowest BCUT2D eigenvalue weighted by Gasteiger charge is -2.13. The van der Waals surface area contributed by atoms with E-state index in [1.54, 1.807) is 4.68 Å². The van der Waals surface area contributed by atoms with E-state index in [0.29, 0.717) is 12.3 Å². The van der Waals surface area contributed by atoms with Crippen LogP contribution >= 0.6 is 0 Å². The number of carbonyl (C=O) groups excluding carboxylic acids is 1. The van der Waals surface area contributed by atoms with E-state index in [9.17, 15) is 4.79 Å². The van der Waals surface area contributed by atoms with Crippen molar-refractivity contribution in [1.29, 1.82) is 0 Å². The van der Waals surface area contributed by atoms with Gasteiger partial charge in [0, 0.05) is 19.6 Å². The minimum absolute atomic E-state index is 0.0201. The lowest BCUT2D eigenvalue weighted by atomic mass is 10.3. The summed E-state index contributed by atoms with van der Waals surface area (Å²) >= 11 is 0. The molecule has 0 bridgehead atoms. The summed E-state index contributed by atoms with van der Waals surface area (Å²) in [5.41, 5.74) is 1.72. The third-order valence-corrected chi connectivity index (χ3v) is 2.95. The molecule has 0 radical (unpaired) electrons. The van der Waals surface area contributed by atoms with Gasteiger partial charge in [-0.2, -0.15) is 5.10 Å². The Kier molecular flexibility index (Phi) is 5.82. The monoisotopic (exact) mass is 268 g/mol. The van der Waals surface area contributed by atoms with Gasteiger partial charge >= 0.3 is 0 Å². The Labute approximate surface area is 114 Å². The Balaban J connectivity index is 2.38. The molecular formula is C13H24N4O2. The van der Waals surface area contributed by atoms with Gasteiger partial charge in [-0.3, -0.25) is 9.48 Å². The van der Waals surface area contributed by atoms with Crippen LogP contribution in [0.1, 0.15) is 25.2 Å². The summed E-state index contributed by atoms with van der Waals surface area (Å²) in [6.07, 6.45) is 0. The van der Waals surface area contributed by atoms with Crippen LogP contribution < -0.4 is 15.4 Å². The van der Waals surface area contributed by atoms with Crippen molar-refractivity contribution >= 4 is 5.91 Å². The molecule has 0 saturated heterocycles. The van der Waals surface area contributed by atoms with E-state index in [4.69, 9.17) is 4.74 Å². The molecule has 1 heterocycles. The Morgan fingerprint density at radius 1 is 1.47 bits per heavy atom. The molecule has 19 heavy (non-hydrogen) atoms. The molecule has 1 atom stereocenters. The fraction of sp³-hybridized carbons (Fsp3) is 0.692. The van der Waals surface area contributed by atoms with Crippen LogP contribution in [0.2, 0.25) is 0 Å². The number of nitrogens with zero attached hydrogens (tertiary/aromatic N) is 2. The number of hydrogen-bond donors (Lipinski definition) is 2. The van der Waals surface area contributed by atoms with E-state index in [1.807, 2.05) is 34.7 Å². The van der Waals surface area contributed by atoms with E-state index < -0.39 is 0 Å². The molecule has 0 unspecified atom stereocenters. The van der Waals surface area contributed by atoms with Gasteiger partial charge in [-0.15, -0.1) is 0 Å². The molecule has 0 saturated carbocycles. The summed E-state index contributed by atoms with van der Waals surface area (Å²) in [5, 5.41) is 10.3. The lowest BCUT2D eigenvalue weighted by Crippen LogP contribution is -2.40. The second kappa shape index (κ2) is 7.13. The van der Waals surface area contributed by atoms with Gasteiger partial charge in [0.05, 0.1) is 5.69 Å². The van der Waals surface area contributed by atoms with Gasteiger partial charge in [-0.1, -0.05) is 6.92 Å². The van der Waals surface area contributed by atoms with Crippen molar-refractivity contribution in [2.75, 3.05) is 19.7 Å². The summed E-state index contributed by atoms with van der Waals surface area (Å²) in [5.74, 6) is 0.574. The SMILES string of the molecule is CCN[C@H](C)CNC(=O)COc1c(C)nn(C)c1C. The molecule has 0 aromatic carbocycles. The van der Waals surface area contributed by atoms with Crippen molar-refractivity contribution in [2.24, 2.45) is 7.05 Å². The predicted octanol–water partition coefficient (Wildman–Crippen LogP) is 0.530. The van der Waals surface area contributed by atoms with E-state index >= 15 is 0 Å². The molecule has 0 fully saturated rings. The highest BCUT2D eigenvalue weighted by Crippen LogP contribution is 2.20. The molecule has 0 aliphatic carbocycles. The summed E-state index contributed by atoms with van der Waals surface area (Å²) in [7, 11) is 1.85. The fourth-order valence-corrected chi connectivity index (χ4v) is 1.84. The number of aromatic nitrogens is 2. The Hall–Kier alpha value is -1.56. The molecule has 1 rings (SSSR count). The van der Waals surface area contributed by atoms with Gasteiger partial charge in [0.2, 0.25) is 0 Å². The predicted molar refractivity (Wildman–Crippen MR) is 74.3 cm³/mol. The van der Waals surface area contributed by atoms with E-state index in [1.165, 1.54) is 0 Å². The van der Waals surface area contributed by atoms with Crippen LogP contribution in [0.15, 0.2) is 0 Å². The minimum atomic E-state index is -0.118. The van der Waals surface area contributed by atoms with Gasteiger partial charge < -0.3 is 15.4 Å². The van der Waals surface area contributed by atoms with Crippen molar-refractivity contribution in [1.82, 2.24) is 20.4 Å². The van der Waals surface area contributed by atoms with Crippen LogP contribution in [0.25, 0.3) is 0 Å². The first-order chi connectivity index (χ1) is 8.95. The van der Waals surface area contributed by atoms with Gasteiger partial charge in [-0.25, -0.2) is 0 Å². The number of amides is 1. The van der Waals surface area contributed by atoms with Crippen LogP contribution in [0, 0.1) is 13.8 Å². The van der Waals surface area contributed by atoms with E-state index in [2.05, 4.69) is 15.7 Å². The van der Waals surface area contributed by atoms with Gasteiger partial charge in [0.1, 0.15) is 5.69 Å². The number of aryl methyl sites for hydroxylation is 2. The first-order valence-corrected chi connectivity index (χ1v) is 6.58. The molecule has 0 aliphatic heterocycles. The molecule has 2 N–H and O–H groups in total. The minimum Gasteiger partial charge on any atom is -0.480 e. The first-order valence-electron chi connectivity index (χ1n) is 6.58. The summed E-state index contributed by atoms with van der Waals surface area (Å²) < 4.78 is 7.27. The number of carbonyl (C=O) groups is 1. The average molecular weight is 268 g/mol. The van der Waals surface area contributed by atoms with Crippen LogP contribution in [0.5, 0.6) is 5.75 Å². The Morgan fingerprint density at radius 3 is 2.68 bits per heavy atom. The maximum absolute atomic E-state index is 11.7. The molecule has 6 nitrogen and oxygen atoms in total. The third-order valence-electron chi connectivity index (χ3n) is 2.95. The average Bonchev–Trinajstić information content (AvgIpc) is 2.59.